The van der Waals surface area contributed by atoms with Gasteiger partial charge in [0.25, 0.3) is 0 Å². The summed E-state index contributed by atoms with van der Waals surface area (Å²) >= 11 is 5.92. The van der Waals surface area contributed by atoms with Crippen molar-refractivity contribution >= 4 is 23.5 Å². The van der Waals surface area contributed by atoms with E-state index in [4.69, 9.17) is 11.6 Å². The van der Waals surface area contributed by atoms with Gasteiger partial charge in [-0.05, 0) is 63.3 Å². The number of hydrogen-bond acceptors (Lipinski definition) is 6. The van der Waals surface area contributed by atoms with Gasteiger partial charge < -0.3 is 15.5 Å². The van der Waals surface area contributed by atoms with Gasteiger partial charge >= 0.3 is 0 Å². The lowest BCUT2D eigenvalue weighted by atomic mass is 9.94. The summed E-state index contributed by atoms with van der Waals surface area (Å²) in [6.07, 6.45) is 4.72. The Morgan fingerprint density at radius 3 is 2.33 bits per heavy atom. The lowest BCUT2D eigenvalue weighted by molar-refractivity contribution is 0.215. The number of hydrogen-bond donors (Lipinski definition) is 2. The molecule has 1 aromatic rings. The summed E-state index contributed by atoms with van der Waals surface area (Å²) in [5.74, 6) is 1.89. The first kappa shape index (κ1) is 16.2. The number of halogens is 1. The van der Waals surface area contributed by atoms with E-state index in [1.54, 1.807) is 0 Å². The second-order valence-corrected chi connectivity index (χ2v) is 5.98. The molecule has 1 fully saturated rings. The minimum Gasteiger partial charge on any atom is -0.354 e. The van der Waals surface area contributed by atoms with Gasteiger partial charge in [-0.25, -0.2) is 0 Å². The van der Waals surface area contributed by atoms with Gasteiger partial charge in [0.15, 0.2) is 0 Å². The van der Waals surface area contributed by atoms with Crippen molar-refractivity contribution in [3.63, 3.8) is 0 Å². The molecule has 2 N–H and O–H groups in total. The Hall–Kier alpha value is -1.14. The van der Waals surface area contributed by atoms with Crippen LogP contribution in [-0.2, 0) is 0 Å². The fourth-order valence-electron chi connectivity index (χ4n) is 2.48. The number of likely N-dealkylation sites (tertiary alicyclic amines) is 1. The summed E-state index contributed by atoms with van der Waals surface area (Å²) < 4.78 is 0. The predicted octanol–water partition coefficient (Wildman–Crippen LogP) is 2.49. The maximum atomic E-state index is 5.92. The molecular formula is C14H25ClN6. The average Bonchev–Trinajstić information content (AvgIpc) is 2.47. The van der Waals surface area contributed by atoms with Crippen LogP contribution in [-0.4, -0.2) is 53.1 Å². The Kier molecular flexibility index (Phi) is 6.45. The first-order valence-electron chi connectivity index (χ1n) is 7.75. The number of nitrogens with one attached hydrogen (secondary N) is 2. The second-order valence-electron chi connectivity index (χ2n) is 5.64. The van der Waals surface area contributed by atoms with Crippen LogP contribution >= 0.6 is 11.6 Å². The van der Waals surface area contributed by atoms with E-state index in [2.05, 4.69) is 44.5 Å². The highest BCUT2D eigenvalue weighted by Crippen LogP contribution is 2.19. The summed E-state index contributed by atoms with van der Waals surface area (Å²) in [7, 11) is 2.19. The zero-order valence-corrected chi connectivity index (χ0v) is 13.7. The molecule has 7 heteroatoms. The Balaban J connectivity index is 1.78. The summed E-state index contributed by atoms with van der Waals surface area (Å²) in [5.41, 5.74) is 0. The highest BCUT2D eigenvalue weighted by atomic mass is 35.5. The highest BCUT2D eigenvalue weighted by Gasteiger charge is 2.16. The van der Waals surface area contributed by atoms with Gasteiger partial charge in [-0.1, -0.05) is 6.92 Å². The third-order valence-electron chi connectivity index (χ3n) is 3.82. The zero-order valence-electron chi connectivity index (χ0n) is 12.9. The Morgan fingerprint density at radius 2 is 1.71 bits per heavy atom. The van der Waals surface area contributed by atoms with E-state index in [1.165, 1.54) is 25.9 Å². The Bertz CT molecular complexity index is 433. The highest BCUT2D eigenvalue weighted by molar-refractivity contribution is 6.28. The molecule has 2 rings (SSSR count). The Morgan fingerprint density at radius 1 is 1.10 bits per heavy atom. The molecule has 0 radical (unpaired) electrons. The predicted molar refractivity (Wildman–Crippen MR) is 86.9 cm³/mol. The molecule has 118 valence electrons. The van der Waals surface area contributed by atoms with E-state index >= 15 is 0 Å². The molecule has 0 spiro atoms. The van der Waals surface area contributed by atoms with Crippen LogP contribution in [0.25, 0.3) is 0 Å². The van der Waals surface area contributed by atoms with Crippen LogP contribution in [0.5, 0.6) is 0 Å². The maximum Gasteiger partial charge on any atom is 0.228 e. The van der Waals surface area contributed by atoms with Crippen molar-refractivity contribution < 1.29 is 0 Å². The lowest BCUT2D eigenvalue weighted by Crippen LogP contribution is -2.30. The van der Waals surface area contributed by atoms with Crippen LogP contribution in [0.15, 0.2) is 0 Å². The first-order valence-corrected chi connectivity index (χ1v) is 8.13. The molecule has 21 heavy (non-hydrogen) atoms. The molecule has 0 atom stereocenters. The van der Waals surface area contributed by atoms with E-state index < -0.39 is 0 Å². The monoisotopic (exact) mass is 312 g/mol. The fraction of sp³-hybridized carbons (Fsp3) is 0.786. The normalized spacial score (nSPS) is 16.9. The number of aromatic nitrogens is 3. The first-order chi connectivity index (χ1) is 10.2. The van der Waals surface area contributed by atoms with E-state index in [0.29, 0.717) is 11.9 Å². The van der Waals surface area contributed by atoms with Crippen molar-refractivity contribution in [2.45, 2.75) is 32.6 Å². The van der Waals surface area contributed by atoms with Gasteiger partial charge in [0.2, 0.25) is 17.2 Å². The van der Waals surface area contributed by atoms with Crippen molar-refractivity contribution in [3.8, 4) is 0 Å². The minimum absolute atomic E-state index is 0.227. The average molecular weight is 313 g/mol. The molecule has 6 nitrogen and oxygen atoms in total. The van der Waals surface area contributed by atoms with Gasteiger partial charge in [0.05, 0.1) is 0 Å². The third-order valence-corrected chi connectivity index (χ3v) is 3.98. The number of nitrogens with zero attached hydrogens (tertiary/aromatic N) is 4. The summed E-state index contributed by atoms with van der Waals surface area (Å²) in [5, 5.41) is 6.62. The van der Waals surface area contributed by atoms with Crippen molar-refractivity contribution in [2.24, 2.45) is 5.92 Å². The minimum atomic E-state index is 0.227. The molecule has 0 unspecified atom stereocenters. The van der Waals surface area contributed by atoms with Crippen LogP contribution in [0.4, 0.5) is 11.9 Å². The molecule has 1 aliphatic rings. The van der Waals surface area contributed by atoms with Crippen LogP contribution in [0, 0.1) is 5.92 Å². The smallest absolute Gasteiger partial charge is 0.228 e. The van der Waals surface area contributed by atoms with E-state index in [1.807, 2.05) is 0 Å². The van der Waals surface area contributed by atoms with Crippen LogP contribution in [0.1, 0.15) is 32.6 Å². The van der Waals surface area contributed by atoms with Crippen molar-refractivity contribution in [1.29, 1.82) is 0 Å². The molecule has 2 heterocycles. The lowest BCUT2D eigenvalue weighted by Gasteiger charge is -2.28. The molecular weight excluding hydrogens is 288 g/mol. The zero-order chi connectivity index (χ0) is 15.1. The summed E-state index contributed by atoms with van der Waals surface area (Å²) in [6.45, 7) is 6.20. The van der Waals surface area contributed by atoms with Crippen LogP contribution < -0.4 is 10.6 Å². The van der Waals surface area contributed by atoms with Crippen molar-refractivity contribution in [1.82, 2.24) is 19.9 Å². The summed E-state index contributed by atoms with van der Waals surface area (Å²) in [4.78, 5) is 14.9. The van der Waals surface area contributed by atoms with Crippen molar-refractivity contribution in [2.75, 3.05) is 43.9 Å². The van der Waals surface area contributed by atoms with Crippen molar-refractivity contribution in [3.05, 3.63) is 5.28 Å². The van der Waals surface area contributed by atoms with Gasteiger partial charge in [0, 0.05) is 13.1 Å². The fourth-order valence-corrected chi connectivity index (χ4v) is 2.64. The largest absolute Gasteiger partial charge is 0.354 e. The molecule has 0 aliphatic carbocycles. The van der Waals surface area contributed by atoms with Gasteiger partial charge in [0.1, 0.15) is 0 Å². The standard InChI is InChI=1S/C14H25ClN6/c1-3-7-16-13-18-12(15)19-14(20-13)17-8-4-11-5-9-21(2)10-6-11/h11H,3-10H2,1-2H3,(H2,16,17,18,19,20). The van der Waals surface area contributed by atoms with Gasteiger partial charge in [-0.3, -0.25) is 0 Å². The SMILES string of the molecule is CCCNc1nc(Cl)nc(NCCC2CCN(C)CC2)n1. The molecule has 1 aliphatic heterocycles. The number of rotatable bonds is 7. The van der Waals surface area contributed by atoms with E-state index in [0.717, 1.165) is 31.8 Å². The Labute approximate surface area is 131 Å². The topological polar surface area (TPSA) is 66.0 Å². The van der Waals surface area contributed by atoms with E-state index in [-0.39, 0.29) is 5.28 Å². The molecule has 0 amide bonds. The summed E-state index contributed by atoms with van der Waals surface area (Å²) in [6, 6.07) is 0. The van der Waals surface area contributed by atoms with Gasteiger partial charge in [-0.15, -0.1) is 0 Å². The molecule has 0 saturated carbocycles. The van der Waals surface area contributed by atoms with E-state index in [9.17, 15) is 0 Å². The quantitative estimate of drug-likeness (QED) is 0.806. The maximum absolute atomic E-state index is 5.92. The second kappa shape index (κ2) is 8.34. The van der Waals surface area contributed by atoms with Crippen LogP contribution in [0.2, 0.25) is 5.28 Å². The molecule has 0 aromatic carbocycles. The third kappa shape index (κ3) is 5.63. The molecule has 1 aromatic heterocycles. The molecule has 1 saturated heterocycles. The van der Waals surface area contributed by atoms with Gasteiger partial charge in [-0.2, -0.15) is 15.0 Å². The van der Waals surface area contributed by atoms with Crippen LogP contribution in [0.3, 0.4) is 0 Å². The molecule has 0 bridgehead atoms. The number of anilines is 2. The number of piperidine rings is 1.